The third kappa shape index (κ3) is 1.66. The van der Waals surface area contributed by atoms with E-state index in [0.29, 0.717) is 0 Å². The maximum atomic E-state index is 12.4. The highest BCUT2D eigenvalue weighted by atomic mass is 19.4. The summed E-state index contributed by atoms with van der Waals surface area (Å²) >= 11 is 0. The molecular weight excluding hydrogens is 217 g/mol. The van der Waals surface area contributed by atoms with Gasteiger partial charge in [0.15, 0.2) is 23.3 Å². The maximum absolute atomic E-state index is 12.4. The molecule has 0 N–H and O–H groups in total. The zero-order chi connectivity index (χ0) is 11.1. The summed E-state index contributed by atoms with van der Waals surface area (Å²) in [4.78, 5) is 0. The summed E-state index contributed by atoms with van der Waals surface area (Å²) in [7, 11) is 0. The minimum atomic E-state index is -5.48. The Kier molecular flexibility index (Phi) is 2.43. The molecular formula is C7HF7. The first-order chi connectivity index (χ1) is 6.25. The van der Waals surface area contributed by atoms with Crippen LogP contribution < -0.4 is 0 Å². The van der Waals surface area contributed by atoms with E-state index in [0.717, 1.165) is 0 Å². The summed E-state index contributed by atoms with van der Waals surface area (Å²) in [5.41, 5.74) is -2.56. The summed E-state index contributed by atoms with van der Waals surface area (Å²) in [6.07, 6.45) is -5.48. The number of rotatable bonds is 0. The Hall–Kier alpha value is -1.27. The smallest absolute Gasteiger partial charge is 0.204 e. The maximum Gasteiger partial charge on any atom is 0.422 e. The molecule has 0 heterocycles. The first kappa shape index (κ1) is 10.8. The molecule has 0 aliphatic carbocycles. The predicted molar refractivity (Wildman–Crippen MR) is 31.3 cm³/mol. The largest absolute Gasteiger partial charge is 0.422 e. The van der Waals surface area contributed by atoms with Crippen LogP contribution in [-0.2, 0) is 6.18 Å². The lowest BCUT2D eigenvalue weighted by Gasteiger charge is -2.09. The van der Waals surface area contributed by atoms with Crippen LogP contribution in [-0.4, -0.2) is 0 Å². The van der Waals surface area contributed by atoms with Crippen molar-refractivity contribution in [3.63, 3.8) is 0 Å². The molecule has 0 aliphatic heterocycles. The molecule has 0 radical (unpaired) electrons. The quantitative estimate of drug-likeness (QED) is 0.463. The highest BCUT2D eigenvalue weighted by Crippen LogP contribution is 2.35. The van der Waals surface area contributed by atoms with Crippen molar-refractivity contribution < 1.29 is 30.7 Å². The Bertz CT molecular complexity index is 339. The molecule has 0 unspecified atom stereocenters. The molecule has 0 atom stereocenters. The number of alkyl halides is 3. The van der Waals surface area contributed by atoms with Crippen molar-refractivity contribution in [1.82, 2.24) is 0 Å². The standard InChI is InChI=1S/C7HF7/c8-2-1-3(9)6(11)4(5(2)10)7(12,13)14/h1H. The van der Waals surface area contributed by atoms with Crippen LogP contribution in [0.15, 0.2) is 6.07 Å². The highest BCUT2D eigenvalue weighted by Gasteiger charge is 2.40. The molecule has 1 rings (SSSR count). The minimum Gasteiger partial charge on any atom is -0.204 e. The first-order valence-corrected chi connectivity index (χ1v) is 3.15. The van der Waals surface area contributed by atoms with Crippen LogP contribution in [0, 0.1) is 23.3 Å². The summed E-state index contributed by atoms with van der Waals surface area (Å²) in [5.74, 6) is -9.07. The van der Waals surface area contributed by atoms with Gasteiger partial charge in [0.05, 0.1) is 0 Å². The third-order valence-electron chi connectivity index (χ3n) is 1.40. The van der Waals surface area contributed by atoms with E-state index in [1.54, 1.807) is 0 Å². The van der Waals surface area contributed by atoms with Crippen molar-refractivity contribution in [1.29, 1.82) is 0 Å². The second-order valence-corrected chi connectivity index (χ2v) is 2.34. The molecule has 0 spiro atoms. The zero-order valence-corrected chi connectivity index (χ0v) is 6.22. The van der Waals surface area contributed by atoms with Crippen LogP contribution in [0.2, 0.25) is 0 Å². The minimum absolute atomic E-state index is 0.292. The van der Waals surface area contributed by atoms with Gasteiger partial charge in [0.2, 0.25) is 0 Å². The van der Waals surface area contributed by atoms with Gasteiger partial charge in [0.1, 0.15) is 5.56 Å². The second kappa shape index (κ2) is 3.14. The topological polar surface area (TPSA) is 0 Å². The van der Waals surface area contributed by atoms with Gasteiger partial charge < -0.3 is 0 Å². The molecule has 0 saturated heterocycles. The first-order valence-electron chi connectivity index (χ1n) is 3.15. The van der Waals surface area contributed by atoms with Crippen molar-refractivity contribution in [2.75, 3.05) is 0 Å². The number of halogens is 7. The molecule has 0 nitrogen and oxygen atoms in total. The summed E-state index contributed by atoms with van der Waals surface area (Å²) in [5, 5.41) is 0. The molecule has 7 heteroatoms. The van der Waals surface area contributed by atoms with E-state index >= 15 is 0 Å². The Balaban J connectivity index is 3.56. The van der Waals surface area contributed by atoms with E-state index in [-0.39, 0.29) is 6.07 Å². The van der Waals surface area contributed by atoms with Gasteiger partial charge in [0, 0.05) is 6.07 Å². The van der Waals surface area contributed by atoms with Crippen LogP contribution in [0.5, 0.6) is 0 Å². The van der Waals surface area contributed by atoms with Crippen molar-refractivity contribution in [3.05, 3.63) is 34.9 Å². The Labute approximate surface area is 73.0 Å². The number of hydrogen-bond acceptors (Lipinski definition) is 0. The lowest BCUT2D eigenvalue weighted by atomic mass is 10.1. The van der Waals surface area contributed by atoms with Gasteiger partial charge in [-0.15, -0.1) is 0 Å². The molecule has 0 aliphatic rings. The summed E-state index contributed by atoms with van der Waals surface area (Å²) in [6, 6.07) is -0.292. The molecule has 0 saturated carbocycles. The van der Waals surface area contributed by atoms with Crippen molar-refractivity contribution in [2.24, 2.45) is 0 Å². The van der Waals surface area contributed by atoms with E-state index in [9.17, 15) is 30.7 Å². The van der Waals surface area contributed by atoms with Gasteiger partial charge in [0.25, 0.3) is 0 Å². The lowest BCUT2D eigenvalue weighted by molar-refractivity contribution is -0.143. The van der Waals surface area contributed by atoms with Gasteiger partial charge in [-0.25, -0.2) is 17.6 Å². The molecule has 14 heavy (non-hydrogen) atoms. The number of benzene rings is 1. The molecule has 1 aromatic carbocycles. The van der Waals surface area contributed by atoms with Crippen LogP contribution in [0.3, 0.4) is 0 Å². The van der Waals surface area contributed by atoms with E-state index in [1.165, 1.54) is 0 Å². The SMILES string of the molecule is Fc1cc(F)c(F)c(C(F)(F)F)c1F. The predicted octanol–water partition coefficient (Wildman–Crippen LogP) is 3.26. The van der Waals surface area contributed by atoms with E-state index in [1.807, 2.05) is 0 Å². The van der Waals surface area contributed by atoms with Crippen LogP contribution in [0.4, 0.5) is 30.7 Å². The lowest BCUT2D eigenvalue weighted by Crippen LogP contribution is -2.14. The average molecular weight is 218 g/mol. The Morgan fingerprint density at radius 3 is 1.43 bits per heavy atom. The monoisotopic (exact) mass is 218 g/mol. The number of hydrogen-bond donors (Lipinski definition) is 0. The molecule has 78 valence electrons. The van der Waals surface area contributed by atoms with Gasteiger partial charge in [-0.1, -0.05) is 0 Å². The Morgan fingerprint density at radius 1 is 0.786 bits per heavy atom. The molecule has 0 bridgehead atoms. The van der Waals surface area contributed by atoms with Crippen molar-refractivity contribution in [2.45, 2.75) is 6.18 Å². The molecule has 1 aromatic rings. The highest BCUT2D eigenvalue weighted by molar-refractivity contribution is 5.25. The van der Waals surface area contributed by atoms with Gasteiger partial charge in [-0.3, -0.25) is 0 Å². The van der Waals surface area contributed by atoms with Gasteiger partial charge in [-0.2, -0.15) is 13.2 Å². The second-order valence-electron chi connectivity index (χ2n) is 2.34. The van der Waals surface area contributed by atoms with Crippen LogP contribution >= 0.6 is 0 Å². The fourth-order valence-electron chi connectivity index (χ4n) is 0.822. The third-order valence-corrected chi connectivity index (χ3v) is 1.40. The van der Waals surface area contributed by atoms with Gasteiger partial charge >= 0.3 is 6.18 Å². The van der Waals surface area contributed by atoms with E-state index in [4.69, 9.17) is 0 Å². The van der Waals surface area contributed by atoms with Gasteiger partial charge in [-0.05, 0) is 0 Å². The normalized spacial score (nSPS) is 11.9. The molecule has 0 fully saturated rings. The van der Waals surface area contributed by atoms with Crippen molar-refractivity contribution >= 4 is 0 Å². The van der Waals surface area contributed by atoms with Crippen LogP contribution in [0.25, 0.3) is 0 Å². The zero-order valence-electron chi connectivity index (χ0n) is 6.22. The summed E-state index contributed by atoms with van der Waals surface area (Å²) < 4.78 is 85.0. The summed E-state index contributed by atoms with van der Waals surface area (Å²) in [6.45, 7) is 0. The fraction of sp³-hybridized carbons (Fsp3) is 0.143. The van der Waals surface area contributed by atoms with Crippen molar-refractivity contribution in [3.8, 4) is 0 Å². The molecule has 0 amide bonds. The Morgan fingerprint density at radius 2 is 1.14 bits per heavy atom. The van der Waals surface area contributed by atoms with Crippen LogP contribution in [0.1, 0.15) is 5.56 Å². The average Bonchev–Trinajstić information content (AvgIpc) is 1.98. The van der Waals surface area contributed by atoms with E-state index in [2.05, 4.69) is 0 Å². The fourth-order valence-corrected chi connectivity index (χ4v) is 0.822. The molecule has 0 aromatic heterocycles. The van der Waals surface area contributed by atoms with E-state index < -0.39 is 35.0 Å².